The van der Waals surface area contributed by atoms with Gasteiger partial charge in [0.15, 0.2) is 0 Å². The summed E-state index contributed by atoms with van der Waals surface area (Å²) < 4.78 is 16.3. The summed E-state index contributed by atoms with van der Waals surface area (Å²) in [5.74, 6) is -0.324. The fourth-order valence-corrected chi connectivity index (χ4v) is 3.16. The molecule has 9 heteroatoms. The molecule has 4 aromatic rings. The summed E-state index contributed by atoms with van der Waals surface area (Å²) in [7, 11) is 0. The van der Waals surface area contributed by atoms with Gasteiger partial charge in [0, 0.05) is 12.1 Å². The van der Waals surface area contributed by atoms with Crippen molar-refractivity contribution in [1.82, 2.24) is 24.3 Å². The quantitative estimate of drug-likeness (QED) is 0.545. The summed E-state index contributed by atoms with van der Waals surface area (Å²) in [4.78, 5) is 24.3. The van der Waals surface area contributed by atoms with Gasteiger partial charge in [-0.2, -0.15) is 0 Å². The summed E-state index contributed by atoms with van der Waals surface area (Å²) in [6, 6.07) is 11.1. The summed E-state index contributed by atoms with van der Waals surface area (Å²) in [6.07, 6.45) is 1.68. The molecule has 0 radical (unpaired) electrons. The van der Waals surface area contributed by atoms with Crippen LogP contribution < -0.4 is 11.2 Å². The third kappa shape index (κ3) is 2.96. The molecule has 0 bridgehead atoms. The Morgan fingerprint density at radius 1 is 1.14 bits per heavy atom. The highest BCUT2D eigenvalue weighted by Crippen LogP contribution is 2.20. The predicted molar refractivity (Wildman–Crippen MR) is 99.8 cm³/mol. The molecule has 2 aromatic carbocycles. The topological polar surface area (TPSA) is 94.9 Å². The molecule has 0 unspecified atom stereocenters. The molecule has 0 aliphatic rings. The number of aromatic nitrogens is 5. The first-order chi connectivity index (χ1) is 13.5. The zero-order chi connectivity index (χ0) is 19.8. The molecule has 142 valence electrons. The number of hydrogen-bond acceptors (Lipinski definition) is 5. The summed E-state index contributed by atoms with van der Waals surface area (Å²) in [6.45, 7) is 2.40. The zero-order valence-electron chi connectivity index (χ0n) is 14.9. The number of nitrogens with zero attached hydrogens (tertiary/aromatic N) is 5. The molecule has 8 nitrogen and oxygen atoms in total. The van der Waals surface area contributed by atoms with Crippen molar-refractivity contribution in [1.29, 1.82) is 0 Å². The molecule has 2 aromatic heterocycles. The molecule has 0 fully saturated rings. The number of benzene rings is 2. The molecular formula is C19H16FN5O3. The van der Waals surface area contributed by atoms with Crippen LogP contribution in [0.25, 0.3) is 22.2 Å². The molecule has 4 rings (SSSR count). The summed E-state index contributed by atoms with van der Waals surface area (Å²) in [5.41, 5.74) is 0.712. The molecular weight excluding hydrogens is 365 g/mol. The van der Waals surface area contributed by atoms with Gasteiger partial charge in [-0.1, -0.05) is 28.1 Å². The average Bonchev–Trinajstić information content (AvgIpc) is 3.15. The highest BCUT2D eigenvalue weighted by molar-refractivity contribution is 5.83. The standard InChI is InChI=1S/C19H16FN5O3/c1-2-24-17-7-6-13(9-15(17)18(26)25(28)19(24)27)16-11-23(22-21-16)10-12-4-3-5-14(20)8-12/h3-9,11,28H,2,10H2,1H3. The monoisotopic (exact) mass is 381 g/mol. The molecule has 28 heavy (non-hydrogen) atoms. The van der Waals surface area contributed by atoms with Crippen LogP contribution in [0.1, 0.15) is 12.5 Å². The van der Waals surface area contributed by atoms with Crippen molar-refractivity contribution >= 4 is 10.9 Å². The largest absolute Gasteiger partial charge is 0.421 e. The summed E-state index contributed by atoms with van der Waals surface area (Å²) in [5, 5.41) is 18.1. The van der Waals surface area contributed by atoms with Crippen molar-refractivity contribution in [2.45, 2.75) is 20.0 Å². The van der Waals surface area contributed by atoms with Crippen LogP contribution in [0, 0.1) is 5.82 Å². The summed E-state index contributed by atoms with van der Waals surface area (Å²) >= 11 is 0. The second kappa shape index (κ2) is 6.76. The smallest absolute Gasteiger partial charge is 0.364 e. The third-order valence-corrected chi connectivity index (χ3v) is 4.51. The van der Waals surface area contributed by atoms with Crippen molar-refractivity contribution in [2.24, 2.45) is 0 Å². The number of aryl methyl sites for hydroxylation is 1. The van der Waals surface area contributed by atoms with Crippen LogP contribution in [0.2, 0.25) is 0 Å². The van der Waals surface area contributed by atoms with Gasteiger partial charge in [-0.05, 0) is 36.8 Å². The second-order valence-corrected chi connectivity index (χ2v) is 6.31. The van der Waals surface area contributed by atoms with E-state index in [0.717, 1.165) is 5.56 Å². The second-order valence-electron chi connectivity index (χ2n) is 6.31. The van der Waals surface area contributed by atoms with Crippen LogP contribution >= 0.6 is 0 Å². The fourth-order valence-electron chi connectivity index (χ4n) is 3.16. The molecule has 0 spiro atoms. The lowest BCUT2D eigenvalue weighted by molar-refractivity contribution is 0.157. The van der Waals surface area contributed by atoms with Gasteiger partial charge in [-0.15, -0.1) is 5.10 Å². The number of fused-ring (bicyclic) bond motifs is 1. The van der Waals surface area contributed by atoms with Gasteiger partial charge in [0.05, 0.1) is 23.6 Å². The molecule has 2 heterocycles. The van der Waals surface area contributed by atoms with Crippen LogP contribution in [0.15, 0.2) is 58.3 Å². The maximum atomic E-state index is 13.3. The minimum atomic E-state index is -0.793. The van der Waals surface area contributed by atoms with Gasteiger partial charge in [-0.25, -0.2) is 13.9 Å². The first-order valence-electron chi connectivity index (χ1n) is 8.61. The minimum absolute atomic E-state index is 0.108. The van der Waals surface area contributed by atoms with Gasteiger partial charge in [0.2, 0.25) is 0 Å². The number of hydrogen-bond donors (Lipinski definition) is 1. The van der Waals surface area contributed by atoms with E-state index < -0.39 is 11.2 Å². The van der Waals surface area contributed by atoms with Crippen molar-refractivity contribution in [2.75, 3.05) is 0 Å². The Bertz CT molecular complexity index is 1310. The Morgan fingerprint density at radius 3 is 2.71 bits per heavy atom. The van der Waals surface area contributed by atoms with Gasteiger partial charge >= 0.3 is 5.69 Å². The SMILES string of the molecule is CCn1c(=O)n(O)c(=O)c2cc(-c3cn(Cc4cccc(F)c4)nn3)ccc21. The maximum Gasteiger partial charge on any atom is 0.364 e. The third-order valence-electron chi connectivity index (χ3n) is 4.51. The molecule has 0 amide bonds. The van der Waals surface area contributed by atoms with Gasteiger partial charge in [0.1, 0.15) is 11.5 Å². The first-order valence-corrected chi connectivity index (χ1v) is 8.61. The van der Waals surface area contributed by atoms with Crippen LogP contribution in [-0.2, 0) is 13.1 Å². The van der Waals surface area contributed by atoms with Gasteiger partial charge in [0.25, 0.3) is 5.56 Å². The molecule has 0 saturated heterocycles. The van der Waals surface area contributed by atoms with Crippen molar-refractivity contribution in [3.05, 3.63) is 80.9 Å². The lowest BCUT2D eigenvalue weighted by Crippen LogP contribution is -2.38. The number of halogens is 1. The van der Waals surface area contributed by atoms with E-state index in [2.05, 4.69) is 10.3 Å². The Balaban J connectivity index is 1.75. The normalized spacial score (nSPS) is 11.2. The zero-order valence-corrected chi connectivity index (χ0v) is 14.9. The highest BCUT2D eigenvalue weighted by atomic mass is 19.1. The van der Waals surface area contributed by atoms with E-state index in [1.807, 2.05) is 0 Å². The van der Waals surface area contributed by atoms with Crippen molar-refractivity contribution in [3.8, 4) is 11.3 Å². The van der Waals surface area contributed by atoms with Crippen LogP contribution in [0.3, 0.4) is 0 Å². The number of rotatable bonds is 4. The Morgan fingerprint density at radius 2 is 1.96 bits per heavy atom. The van der Waals surface area contributed by atoms with E-state index in [1.165, 1.54) is 16.7 Å². The van der Waals surface area contributed by atoms with Gasteiger partial charge < -0.3 is 5.21 Å². The van der Waals surface area contributed by atoms with Gasteiger partial charge in [-0.3, -0.25) is 9.36 Å². The maximum absolute atomic E-state index is 13.3. The van der Waals surface area contributed by atoms with E-state index >= 15 is 0 Å². The van der Waals surface area contributed by atoms with Crippen LogP contribution in [-0.4, -0.2) is 29.5 Å². The Kier molecular flexibility index (Phi) is 4.26. The lowest BCUT2D eigenvalue weighted by atomic mass is 10.1. The molecule has 0 aliphatic carbocycles. The molecule has 0 aliphatic heterocycles. The van der Waals surface area contributed by atoms with Crippen LogP contribution in [0.4, 0.5) is 4.39 Å². The van der Waals surface area contributed by atoms with Crippen molar-refractivity contribution in [3.63, 3.8) is 0 Å². The predicted octanol–water partition coefficient (Wildman–Crippen LogP) is 1.87. The van der Waals surface area contributed by atoms with Crippen LogP contribution in [0.5, 0.6) is 0 Å². The van der Waals surface area contributed by atoms with E-state index in [-0.39, 0.29) is 15.9 Å². The molecule has 1 N–H and O–H groups in total. The first kappa shape index (κ1) is 17.7. The Hall–Kier alpha value is -3.75. The van der Waals surface area contributed by atoms with Crippen molar-refractivity contribution < 1.29 is 9.60 Å². The van der Waals surface area contributed by atoms with E-state index in [1.54, 1.807) is 48.1 Å². The average molecular weight is 381 g/mol. The Labute approximate surface area is 157 Å². The minimum Gasteiger partial charge on any atom is -0.421 e. The van der Waals surface area contributed by atoms with E-state index in [9.17, 15) is 19.2 Å². The highest BCUT2D eigenvalue weighted by Gasteiger charge is 2.13. The fraction of sp³-hybridized carbons (Fsp3) is 0.158. The molecule has 0 saturated carbocycles. The van der Waals surface area contributed by atoms with E-state index in [0.29, 0.717) is 29.9 Å². The lowest BCUT2D eigenvalue weighted by Gasteiger charge is -2.09. The molecule has 0 atom stereocenters. The van der Waals surface area contributed by atoms with E-state index in [4.69, 9.17) is 0 Å².